The van der Waals surface area contributed by atoms with Crippen LogP contribution in [0.3, 0.4) is 0 Å². The van der Waals surface area contributed by atoms with Crippen molar-refractivity contribution in [3.05, 3.63) is 10.4 Å². The lowest BCUT2D eigenvalue weighted by molar-refractivity contribution is -0.297. The summed E-state index contributed by atoms with van der Waals surface area (Å²) in [5, 5.41) is 40.8. The molecule has 0 radical (unpaired) electrons. The maximum absolute atomic E-state index is 11.8. The fourth-order valence-electron chi connectivity index (χ4n) is 1.58. The van der Waals surface area contributed by atoms with Crippen LogP contribution in [-0.4, -0.2) is 69.5 Å². The standard InChI is InChI=1S/C8H14N4O6/c9-7-6(16)5(15)3(2-13)18-8(7,17)4(14)1-11-12-10/h3,5-7,13,15-17H,1-2,9H2/t3-,5-,6+,7+,8?/m1/s1/i1D/t1?,3-,5-,6+,7+,8?. The minimum atomic E-state index is -2.84. The molecule has 102 valence electrons. The van der Waals surface area contributed by atoms with Crippen LogP contribution in [0.15, 0.2) is 5.11 Å². The second kappa shape index (κ2) is 5.59. The zero-order valence-corrected chi connectivity index (χ0v) is 9.12. The van der Waals surface area contributed by atoms with Crippen LogP contribution in [0.2, 0.25) is 0 Å². The van der Waals surface area contributed by atoms with Gasteiger partial charge in [0.2, 0.25) is 5.79 Å². The van der Waals surface area contributed by atoms with Gasteiger partial charge in [0.05, 0.1) is 19.2 Å². The third-order valence-electron chi connectivity index (χ3n) is 2.64. The van der Waals surface area contributed by atoms with E-state index in [0.717, 1.165) is 0 Å². The van der Waals surface area contributed by atoms with E-state index in [0.29, 0.717) is 0 Å². The summed E-state index contributed by atoms with van der Waals surface area (Å²) in [6.07, 6.45) is -4.85. The van der Waals surface area contributed by atoms with Crippen LogP contribution in [0.25, 0.3) is 10.4 Å². The summed E-state index contributed by atoms with van der Waals surface area (Å²) in [5.74, 6) is -4.24. The Labute approximate surface area is 103 Å². The Kier molecular flexibility index (Phi) is 4.09. The monoisotopic (exact) mass is 263 g/mol. The van der Waals surface area contributed by atoms with Crippen LogP contribution in [0, 0.1) is 0 Å². The fourth-order valence-corrected chi connectivity index (χ4v) is 1.58. The number of azide groups is 1. The highest BCUT2D eigenvalue weighted by molar-refractivity contribution is 5.88. The number of nitrogens with zero attached hydrogens (tertiary/aromatic N) is 3. The highest BCUT2D eigenvalue weighted by Gasteiger charge is 2.55. The van der Waals surface area contributed by atoms with Gasteiger partial charge in [-0.1, -0.05) is 5.11 Å². The minimum Gasteiger partial charge on any atom is -0.394 e. The van der Waals surface area contributed by atoms with E-state index in [1.807, 2.05) is 0 Å². The van der Waals surface area contributed by atoms with Crippen LogP contribution in [0.1, 0.15) is 1.37 Å². The molecule has 10 nitrogen and oxygen atoms in total. The van der Waals surface area contributed by atoms with Gasteiger partial charge in [-0.25, -0.2) is 0 Å². The summed E-state index contributed by atoms with van der Waals surface area (Å²) in [5.41, 5.74) is 13.5. The van der Waals surface area contributed by atoms with E-state index in [1.165, 1.54) is 0 Å². The Hall–Kier alpha value is -1.26. The summed E-state index contributed by atoms with van der Waals surface area (Å²) in [4.78, 5) is 14.0. The van der Waals surface area contributed by atoms with Gasteiger partial charge < -0.3 is 30.9 Å². The molecule has 0 aromatic rings. The lowest BCUT2D eigenvalue weighted by Crippen LogP contribution is -2.71. The van der Waals surface area contributed by atoms with Gasteiger partial charge in [0.15, 0.2) is 5.78 Å². The molecule has 6 atom stereocenters. The molecule has 18 heavy (non-hydrogen) atoms. The molecule has 1 saturated heterocycles. The zero-order valence-electron chi connectivity index (χ0n) is 10.1. The van der Waals surface area contributed by atoms with Crippen molar-refractivity contribution in [2.75, 3.05) is 13.1 Å². The van der Waals surface area contributed by atoms with Crippen molar-refractivity contribution in [2.24, 2.45) is 10.8 Å². The summed E-state index contributed by atoms with van der Waals surface area (Å²) in [6.45, 7) is -2.84. The van der Waals surface area contributed by atoms with Gasteiger partial charge in [0.25, 0.3) is 0 Å². The molecule has 1 heterocycles. The molecule has 0 bridgehead atoms. The molecule has 2 unspecified atom stereocenters. The summed E-state index contributed by atoms with van der Waals surface area (Å²) in [6, 6.07) is -1.76. The van der Waals surface area contributed by atoms with E-state index in [-0.39, 0.29) is 0 Å². The number of rotatable bonds is 4. The van der Waals surface area contributed by atoms with Crippen LogP contribution in [-0.2, 0) is 9.53 Å². The first-order valence-corrected chi connectivity index (χ1v) is 4.93. The Bertz CT molecular complexity index is 403. The van der Waals surface area contributed by atoms with Crippen molar-refractivity contribution in [1.29, 1.82) is 0 Å². The zero-order chi connectivity index (χ0) is 14.8. The molecule has 0 aliphatic carbocycles. The van der Waals surface area contributed by atoms with Crippen LogP contribution in [0.5, 0.6) is 0 Å². The Morgan fingerprint density at radius 1 is 1.61 bits per heavy atom. The predicted molar refractivity (Wildman–Crippen MR) is 55.9 cm³/mol. The third-order valence-corrected chi connectivity index (χ3v) is 2.64. The van der Waals surface area contributed by atoms with Crippen molar-refractivity contribution in [2.45, 2.75) is 30.1 Å². The lowest BCUT2D eigenvalue weighted by Gasteiger charge is -2.44. The number of ketones is 1. The predicted octanol–water partition coefficient (Wildman–Crippen LogP) is -3.01. The van der Waals surface area contributed by atoms with Gasteiger partial charge in [0, 0.05) is 6.28 Å². The van der Waals surface area contributed by atoms with Crippen molar-refractivity contribution in [3.63, 3.8) is 0 Å². The van der Waals surface area contributed by atoms with E-state index in [9.17, 15) is 20.1 Å². The van der Waals surface area contributed by atoms with Crippen LogP contribution < -0.4 is 5.73 Å². The van der Waals surface area contributed by atoms with Gasteiger partial charge in [-0.2, -0.15) is 0 Å². The van der Waals surface area contributed by atoms with Gasteiger partial charge in [0.1, 0.15) is 18.3 Å². The van der Waals surface area contributed by atoms with Gasteiger partial charge in [-0.3, -0.25) is 4.79 Å². The van der Waals surface area contributed by atoms with E-state index < -0.39 is 49.1 Å². The molecule has 0 saturated carbocycles. The number of Topliss-reactive ketones (excluding diaryl/α,β-unsaturated/α-hetero) is 1. The topological polar surface area (TPSA) is 182 Å². The first-order chi connectivity index (χ1) is 8.79. The maximum Gasteiger partial charge on any atom is 0.245 e. The largest absolute Gasteiger partial charge is 0.394 e. The summed E-state index contributed by atoms with van der Waals surface area (Å²) < 4.78 is 12.0. The second-order valence-corrected chi connectivity index (χ2v) is 3.74. The molecule has 0 aromatic carbocycles. The summed E-state index contributed by atoms with van der Waals surface area (Å²) in [7, 11) is 0. The van der Waals surface area contributed by atoms with E-state index >= 15 is 0 Å². The molecule has 1 fully saturated rings. The van der Waals surface area contributed by atoms with Gasteiger partial charge >= 0.3 is 0 Å². The number of hydrogen-bond donors (Lipinski definition) is 5. The van der Waals surface area contributed by atoms with Gasteiger partial charge in [-0.15, -0.1) is 0 Å². The lowest BCUT2D eigenvalue weighted by atomic mass is 9.88. The van der Waals surface area contributed by atoms with E-state index in [4.69, 9.17) is 22.5 Å². The Morgan fingerprint density at radius 2 is 2.22 bits per heavy atom. The highest BCUT2D eigenvalue weighted by Crippen LogP contribution is 2.27. The average Bonchev–Trinajstić information content (AvgIpc) is 2.40. The molecule has 0 aromatic heterocycles. The summed E-state index contributed by atoms with van der Waals surface area (Å²) >= 11 is 0. The Morgan fingerprint density at radius 3 is 2.72 bits per heavy atom. The first kappa shape index (κ1) is 13.2. The molecule has 10 heteroatoms. The molecule has 1 aliphatic rings. The average molecular weight is 263 g/mol. The van der Waals surface area contributed by atoms with Crippen molar-refractivity contribution in [3.8, 4) is 0 Å². The van der Waals surface area contributed by atoms with E-state index in [1.54, 1.807) is 0 Å². The number of nitrogens with two attached hydrogens (primary N) is 1. The molecule has 0 spiro atoms. The van der Waals surface area contributed by atoms with Crippen molar-refractivity contribution < 1.29 is 31.3 Å². The normalized spacial score (nSPS) is 42.6. The maximum atomic E-state index is 11.8. The molecule has 1 rings (SSSR count). The number of carbonyl (C=O) groups is 1. The van der Waals surface area contributed by atoms with Gasteiger partial charge in [-0.05, 0) is 5.53 Å². The SMILES string of the molecule is [2H]C(N=[N+]=[N-])C(=O)C1(O)O[C@H](CO)[C@@H](O)[C@H](O)[C@@H]1N. The first-order valence-electron chi connectivity index (χ1n) is 5.50. The minimum absolute atomic E-state index is 0.801. The molecule has 0 amide bonds. The third kappa shape index (κ3) is 2.44. The number of carbonyl (C=O) groups excluding carboxylic acids is 1. The van der Waals surface area contributed by atoms with E-state index in [2.05, 4.69) is 10.0 Å². The van der Waals surface area contributed by atoms with Crippen molar-refractivity contribution in [1.82, 2.24) is 0 Å². The fraction of sp³-hybridized carbons (Fsp3) is 0.875. The highest BCUT2D eigenvalue weighted by atomic mass is 16.7. The number of aliphatic hydroxyl groups is 4. The second-order valence-electron chi connectivity index (χ2n) is 3.74. The molecule has 1 aliphatic heterocycles. The number of aliphatic hydroxyl groups excluding tert-OH is 3. The smallest absolute Gasteiger partial charge is 0.245 e. The number of hydrogen-bond acceptors (Lipinski definition) is 8. The Balaban J connectivity index is 3.07. The molecular weight excluding hydrogens is 248 g/mol. The van der Waals surface area contributed by atoms with Crippen LogP contribution >= 0.6 is 0 Å². The quantitative estimate of drug-likeness (QED) is 0.203. The van der Waals surface area contributed by atoms with Crippen molar-refractivity contribution >= 4 is 5.78 Å². The number of ether oxygens (including phenoxy) is 1. The molecule has 6 N–H and O–H groups in total. The molecular formula is C8H14N4O6. The van der Waals surface area contributed by atoms with Crippen LogP contribution in [0.4, 0.5) is 0 Å².